The summed E-state index contributed by atoms with van der Waals surface area (Å²) in [5.41, 5.74) is 15.6. The standard InChI is InChI=1S/C45H35NS/c1-45(2)41-17-8-6-13-37(41)38-28-27-35(29-42(38)45)46(33-11-4-3-5-12-33)34-25-23-31(24-26-34)30-19-21-32(22-20-30)36-15-10-16-40-39-14-7-9-18-43(39)47-44(36)40/h3-9,11-15,17-29H,10,16H2,1-2H3. The third-order valence-electron chi connectivity index (χ3n) is 10.2. The highest BCUT2D eigenvalue weighted by molar-refractivity contribution is 7.20. The van der Waals surface area contributed by atoms with Crippen molar-refractivity contribution in [2.24, 2.45) is 0 Å². The van der Waals surface area contributed by atoms with Crippen molar-refractivity contribution in [1.82, 2.24) is 0 Å². The molecule has 0 amide bonds. The van der Waals surface area contributed by atoms with Gasteiger partial charge in [-0.15, -0.1) is 11.3 Å². The van der Waals surface area contributed by atoms with Gasteiger partial charge in [-0.2, -0.15) is 0 Å². The van der Waals surface area contributed by atoms with Gasteiger partial charge in [-0.25, -0.2) is 0 Å². The molecular weight excluding hydrogens is 587 g/mol. The molecule has 1 nitrogen and oxygen atoms in total. The predicted octanol–water partition coefficient (Wildman–Crippen LogP) is 12.7. The number of hydrogen-bond acceptors (Lipinski definition) is 2. The Balaban J connectivity index is 1.04. The zero-order chi connectivity index (χ0) is 31.5. The summed E-state index contributed by atoms with van der Waals surface area (Å²) < 4.78 is 1.39. The van der Waals surface area contributed by atoms with E-state index in [9.17, 15) is 0 Å². The lowest BCUT2D eigenvalue weighted by molar-refractivity contribution is 0.660. The van der Waals surface area contributed by atoms with Gasteiger partial charge in [-0.05, 0) is 111 Å². The Hall–Kier alpha value is -5.18. The molecule has 9 rings (SSSR count). The minimum atomic E-state index is -0.0491. The zero-order valence-electron chi connectivity index (χ0n) is 26.7. The summed E-state index contributed by atoms with van der Waals surface area (Å²) in [6, 6.07) is 53.6. The molecule has 0 saturated heterocycles. The van der Waals surface area contributed by atoms with Crippen LogP contribution >= 0.6 is 11.3 Å². The van der Waals surface area contributed by atoms with Crippen LogP contribution in [0.25, 0.3) is 37.9 Å². The summed E-state index contributed by atoms with van der Waals surface area (Å²) in [4.78, 5) is 3.82. The highest BCUT2D eigenvalue weighted by Crippen LogP contribution is 2.50. The average molecular weight is 622 g/mol. The second kappa shape index (κ2) is 11.0. The van der Waals surface area contributed by atoms with E-state index in [0.29, 0.717) is 0 Å². The molecule has 0 saturated carbocycles. The quantitative estimate of drug-likeness (QED) is 0.185. The molecule has 0 fully saturated rings. The van der Waals surface area contributed by atoms with Crippen molar-refractivity contribution in [2.75, 3.05) is 4.90 Å². The molecule has 2 heteroatoms. The Morgan fingerprint density at radius 2 is 1.17 bits per heavy atom. The fourth-order valence-electron chi connectivity index (χ4n) is 7.77. The number of para-hydroxylation sites is 1. The molecule has 226 valence electrons. The summed E-state index contributed by atoms with van der Waals surface area (Å²) in [6.45, 7) is 4.70. The van der Waals surface area contributed by atoms with Gasteiger partial charge in [-0.1, -0.05) is 123 Å². The number of hydrogen-bond donors (Lipinski definition) is 0. The van der Waals surface area contributed by atoms with Crippen molar-refractivity contribution in [3.05, 3.63) is 179 Å². The maximum atomic E-state index is 2.43. The molecule has 0 aliphatic heterocycles. The van der Waals surface area contributed by atoms with Crippen LogP contribution in [0.3, 0.4) is 0 Å². The summed E-state index contributed by atoms with van der Waals surface area (Å²) in [6.07, 6.45) is 4.65. The van der Waals surface area contributed by atoms with E-state index in [1.807, 2.05) is 11.3 Å². The molecular formula is C45H35NS. The van der Waals surface area contributed by atoms with Gasteiger partial charge in [0.2, 0.25) is 0 Å². The number of allylic oxidation sites excluding steroid dienone is 1. The fraction of sp³-hybridized carbons (Fsp3) is 0.111. The molecule has 0 bridgehead atoms. The van der Waals surface area contributed by atoms with E-state index in [1.165, 1.54) is 70.7 Å². The molecule has 0 radical (unpaired) electrons. The molecule has 1 aromatic heterocycles. The van der Waals surface area contributed by atoms with Crippen molar-refractivity contribution in [1.29, 1.82) is 0 Å². The first-order valence-electron chi connectivity index (χ1n) is 16.6. The lowest BCUT2D eigenvalue weighted by Gasteiger charge is -2.28. The van der Waals surface area contributed by atoms with Gasteiger partial charge < -0.3 is 4.90 Å². The van der Waals surface area contributed by atoms with Crippen molar-refractivity contribution in [3.8, 4) is 22.3 Å². The monoisotopic (exact) mass is 621 g/mol. The number of benzene rings is 6. The van der Waals surface area contributed by atoms with Crippen molar-refractivity contribution < 1.29 is 0 Å². The summed E-state index contributed by atoms with van der Waals surface area (Å²) in [5.74, 6) is 0. The number of rotatable bonds is 5. The predicted molar refractivity (Wildman–Crippen MR) is 201 cm³/mol. The van der Waals surface area contributed by atoms with Gasteiger partial charge in [0.15, 0.2) is 0 Å². The third kappa shape index (κ3) is 4.59. The summed E-state index contributed by atoms with van der Waals surface area (Å²) in [7, 11) is 0. The molecule has 1 heterocycles. The van der Waals surface area contributed by atoms with Gasteiger partial charge >= 0.3 is 0 Å². The van der Waals surface area contributed by atoms with E-state index in [2.05, 4.69) is 170 Å². The lowest BCUT2D eigenvalue weighted by atomic mass is 9.82. The maximum Gasteiger partial charge on any atom is 0.0465 e. The third-order valence-corrected chi connectivity index (χ3v) is 11.4. The van der Waals surface area contributed by atoms with Crippen LogP contribution in [0.1, 0.15) is 47.4 Å². The molecule has 2 aliphatic carbocycles. The Bertz CT molecular complexity index is 2300. The van der Waals surface area contributed by atoms with Crippen molar-refractivity contribution in [3.63, 3.8) is 0 Å². The molecule has 6 aromatic carbocycles. The van der Waals surface area contributed by atoms with E-state index in [4.69, 9.17) is 0 Å². The first-order valence-corrected chi connectivity index (χ1v) is 17.4. The highest BCUT2D eigenvalue weighted by Gasteiger charge is 2.35. The SMILES string of the molecule is CC1(C)c2ccccc2-c2ccc(N(c3ccccc3)c3ccc(-c4ccc(C5=CCCc6c5sc5ccccc65)cc4)cc3)cc21. The van der Waals surface area contributed by atoms with Crippen LogP contribution in [0, 0.1) is 0 Å². The molecule has 0 N–H and O–H groups in total. The lowest BCUT2D eigenvalue weighted by Crippen LogP contribution is -2.16. The second-order valence-electron chi connectivity index (χ2n) is 13.3. The van der Waals surface area contributed by atoms with Gasteiger partial charge in [0.05, 0.1) is 0 Å². The van der Waals surface area contributed by atoms with Crippen molar-refractivity contribution in [2.45, 2.75) is 32.1 Å². The minimum absolute atomic E-state index is 0.0491. The van der Waals surface area contributed by atoms with Gasteiger partial charge in [-0.3, -0.25) is 0 Å². The zero-order valence-corrected chi connectivity index (χ0v) is 27.5. The topological polar surface area (TPSA) is 3.24 Å². The molecule has 2 aliphatic rings. The smallest absolute Gasteiger partial charge is 0.0465 e. The number of thiophene rings is 1. The largest absolute Gasteiger partial charge is 0.310 e. The Kier molecular flexibility index (Phi) is 6.55. The second-order valence-corrected chi connectivity index (χ2v) is 14.3. The molecule has 0 atom stereocenters. The molecule has 7 aromatic rings. The van der Waals surface area contributed by atoms with E-state index < -0.39 is 0 Å². The Labute approximate surface area is 281 Å². The van der Waals surface area contributed by atoms with Gasteiger partial charge in [0.1, 0.15) is 0 Å². The summed E-state index contributed by atoms with van der Waals surface area (Å²) >= 11 is 1.93. The van der Waals surface area contributed by atoms with Gasteiger partial charge in [0, 0.05) is 32.1 Å². The minimum Gasteiger partial charge on any atom is -0.310 e. The van der Waals surface area contributed by atoms with E-state index in [0.717, 1.165) is 24.2 Å². The first kappa shape index (κ1) is 28.1. The average Bonchev–Trinajstić information content (AvgIpc) is 3.62. The van der Waals surface area contributed by atoms with Crippen molar-refractivity contribution >= 4 is 44.1 Å². The Morgan fingerprint density at radius 3 is 1.98 bits per heavy atom. The van der Waals surface area contributed by atoms with Crippen LogP contribution in [-0.2, 0) is 11.8 Å². The Morgan fingerprint density at radius 1 is 0.553 bits per heavy atom. The number of fused-ring (bicyclic) bond motifs is 6. The van der Waals surface area contributed by atoms with E-state index >= 15 is 0 Å². The normalized spacial score (nSPS) is 14.3. The molecule has 0 unspecified atom stereocenters. The van der Waals surface area contributed by atoms with Crippen LogP contribution in [0.2, 0.25) is 0 Å². The maximum absolute atomic E-state index is 2.43. The van der Waals surface area contributed by atoms with Crippen LogP contribution < -0.4 is 4.90 Å². The van der Waals surface area contributed by atoms with Crippen LogP contribution in [-0.4, -0.2) is 0 Å². The van der Waals surface area contributed by atoms with Crippen LogP contribution in [0.4, 0.5) is 17.1 Å². The van der Waals surface area contributed by atoms with Crippen LogP contribution in [0.15, 0.2) is 152 Å². The number of nitrogens with zero attached hydrogens (tertiary/aromatic N) is 1. The summed E-state index contributed by atoms with van der Waals surface area (Å²) in [5, 5.41) is 1.42. The number of anilines is 3. The molecule has 0 spiro atoms. The fourth-order valence-corrected chi connectivity index (χ4v) is 9.08. The van der Waals surface area contributed by atoms with E-state index in [1.54, 1.807) is 0 Å². The van der Waals surface area contributed by atoms with E-state index in [-0.39, 0.29) is 5.41 Å². The van der Waals surface area contributed by atoms with Gasteiger partial charge in [0.25, 0.3) is 0 Å². The molecule has 47 heavy (non-hydrogen) atoms. The highest BCUT2D eigenvalue weighted by atomic mass is 32.1. The first-order chi connectivity index (χ1) is 23.1. The number of aryl methyl sites for hydroxylation is 1. The van der Waals surface area contributed by atoms with Crippen LogP contribution in [0.5, 0.6) is 0 Å².